The third-order valence-electron chi connectivity index (χ3n) is 2.02. The predicted octanol–water partition coefficient (Wildman–Crippen LogP) is 2.75. The lowest BCUT2D eigenvalue weighted by molar-refractivity contribution is 0.157. The standard InChI is InChI=1S/C12H25NO/c1-3-5-11-14-12-8-6-7-10-13-9-4-2/h3,5,13H,4,6-12H2,1-2H3. The predicted molar refractivity (Wildman–Crippen MR) is 62.6 cm³/mol. The zero-order valence-corrected chi connectivity index (χ0v) is 9.72. The van der Waals surface area contributed by atoms with Crippen LogP contribution < -0.4 is 5.32 Å². The molecule has 0 aliphatic heterocycles. The van der Waals surface area contributed by atoms with Crippen LogP contribution in [0.25, 0.3) is 0 Å². The van der Waals surface area contributed by atoms with Crippen molar-refractivity contribution < 1.29 is 4.74 Å². The molecule has 2 heteroatoms. The van der Waals surface area contributed by atoms with Gasteiger partial charge >= 0.3 is 0 Å². The van der Waals surface area contributed by atoms with Crippen LogP contribution in [0.2, 0.25) is 0 Å². The minimum Gasteiger partial charge on any atom is -0.377 e. The van der Waals surface area contributed by atoms with Gasteiger partial charge in [0.15, 0.2) is 0 Å². The molecule has 0 aliphatic carbocycles. The first-order chi connectivity index (χ1) is 6.91. The summed E-state index contributed by atoms with van der Waals surface area (Å²) < 4.78 is 5.39. The van der Waals surface area contributed by atoms with Gasteiger partial charge in [0.25, 0.3) is 0 Å². The molecule has 0 aromatic heterocycles. The average molecular weight is 199 g/mol. The zero-order chi connectivity index (χ0) is 10.5. The molecule has 0 fully saturated rings. The van der Waals surface area contributed by atoms with E-state index in [1.807, 2.05) is 19.1 Å². The lowest BCUT2D eigenvalue weighted by atomic mass is 10.2. The molecule has 0 aromatic carbocycles. The van der Waals surface area contributed by atoms with Crippen molar-refractivity contribution in [3.63, 3.8) is 0 Å². The minimum absolute atomic E-state index is 0.768. The van der Waals surface area contributed by atoms with Crippen LogP contribution in [0.3, 0.4) is 0 Å². The monoisotopic (exact) mass is 199 g/mol. The van der Waals surface area contributed by atoms with Gasteiger partial charge < -0.3 is 10.1 Å². The van der Waals surface area contributed by atoms with Gasteiger partial charge in [-0.25, -0.2) is 0 Å². The van der Waals surface area contributed by atoms with Crippen LogP contribution >= 0.6 is 0 Å². The van der Waals surface area contributed by atoms with Crippen molar-refractivity contribution in [2.45, 2.75) is 39.5 Å². The lowest BCUT2D eigenvalue weighted by Gasteiger charge is -2.03. The van der Waals surface area contributed by atoms with Crippen molar-refractivity contribution in [2.24, 2.45) is 0 Å². The van der Waals surface area contributed by atoms with Gasteiger partial charge in [-0.1, -0.05) is 19.1 Å². The molecule has 0 atom stereocenters. The molecule has 0 saturated heterocycles. The molecule has 0 rings (SSSR count). The molecule has 0 unspecified atom stereocenters. The van der Waals surface area contributed by atoms with Crippen LogP contribution in [0.1, 0.15) is 39.5 Å². The van der Waals surface area contributed by atoms with Gasteiger partial charge in [-0.05, 0) is 45.7 Å². The summed E-state index contributed by atoms with van der Waals surface area (Å²) >= 11 is 0. The average Bonchev–Trinajstić information content (AvgIpc) is 2.21. The van der Waals surface area contributed by atoms with Crippen LogP contribution in [0, 0.1) is 0 Å². The molecular formula is C12H25NO. The van der Waals surface area contributed by atoms with E-state index >= 15 is 0 Å². The molecular weight excluding hydrogens is 174 g/mol. The van der Waals surface area contributed by atoms with Gasteiger partial charge in [-0.3, -0.25) is 0 Å². The molecule has 0 saturated carbocycles. The summed E-state index contributed by atoms with van der Waals surface area (Å²) in [7, 11) is 0. The topological polar surface area (TPSA) is 21.3 Å². The van der Waals surface area contributed by atoms with Crippen molar-refractivity contribution in [3.05, 3.63) is 12.2 Å². The third kappa shape index (κ3) is 11.7. The van der Waals surface area contributed by atoms with Gasteiger partial charge in [0.05, 0.1) is 6.61 Å². The van der Waals surface area contributed by atoms with Crippen LogP contribution in [0.15, 0.2) is 12.2 Å². The smallest absolute Gasteiger partial charge is 0.0647 e. The highest BCUT2D eigenvalue weighted by atomic mass is 16.5. The number of hydrogen-bond acceptors (Lipinski definition) is 2. The highest BCUT2D eigenvalue weighted by molar-refractivity contribution is 4.75. The van der Waals surface area contributed by atoms with E-state index in [0.717, 1.165) is 26.3 Å². The summed E-state index contributed by atoms with van der Waals surface area (Å²) in [4.78, 5) is 0. The minimum atomic E-state index is 0.768. The summed E-state index contributed by atoms with van der Waals surface area (Å²) in [6.45, 7) is 8.19. The number of ether oxygens (including phenoxy) is 1. The van der Waals surface area contributed by atoms with Crippen molar-refractivity contribution in [3.8, 4) is 0 Å². The molecule has 14 heavy (non-hydrogen) atoms. The first kappa shape index (κ1) is 13.7. The highest BCUT2D eigenvalue weighted by Gasteiger charge is 1.89. The quantitative estimate of drug-likeness (QED) is 0.431. The molecule has 1 N–H and O–H groups in total. The Bertz CT molecular complexity index is 123. The van der Waals surface area contributed by atoms with E-state index in [9.17, 15) is 0 Å². The second kappa shape index (κ2) is 12.7. The molecule has 0 spiro atoms. The Morgan fingerprint density at radius 2 is 2.00 bits per heavy atom. The van der Waals surface area contributed by atoms with E-state index in [-0.39, 0.29) is 0 Å². The molecule has 0 radical (unpaired) electrons. The molecule has 0 aromatic rings. The maximum absolute atomic E-state index is 5.39. The number of nitrogens with one attached hydrogen (secondary N) is 1. The van der Waals surface area contributed by atoms with Gasteiger partial charge in [0.2, 0.25) is 0 Å². The number of rotatable bonds is 10. The fraction of sp³-hybridized carbons (Fsp3) is 0.833. The summed E-state index contributed by atoms with van der Waals surface area (Å²) in [5.74, 6) is 0. The number of unbranched alkanes of at least 4 members (excludes halogenated alkanes) is 2. The van der Waals surface area contributed by atoms with Crippen LogP contribution in [-0.4, -0.2) is 26.3 Å². The molecule has 0 amide bonds. The van der Waals surface area contributed by atoms with E-state index in [0.29, 0.717) is 0 Å². The van der Waals surface area contributed by atoms with Crippen LogP contribution in [0.4, 0.5) is 0 Å². The van der Waals surface area contributed by atoms with E-state index in [1.54, 1.807) is 0 Å². The van der Waals surface area contributed by atoms with Crippen molar-refractivity contribution >= 4 is 0 Å². The van der Waals surface area contributed by atoms with Gasteiger partial charge in [-0.2, -0.15) is 0 Å². The SMILES string of the molecule is CC=CCOCCCCCNCCC. The van der Waals surface area contributed by atoms with Gasteiger partial charge in [0.1, 0.15) is 0 Å². The summed E-state index contributed by atoms with van der Waals surface area (Å²) in [5, 5.41) is 3.39. The highest BCUT2D eigenvalue weighted by Crippen LogP contribution is 1.94. The maximum atomic E-state index is 5.39. The van der Waals surface area contributed by atoms with Gasteiger partial charge in [0, 0.05) is 6.61 Å². The second-order valence-corrected chi connectivity index (χ2v) is 3.45. The normalized spacial score (nSPS) is 11.3. The van der Waals surface area contributed by atoms with E-state index in [2.05, 4.69) is 12.2 Å². The van der Waals surface area contributed by atoms with Gasteiger partial charge in [-0.15, -0.1) is 0 Å². The summed E-state index contributed by atoms with van der Waals surface area (Å²) in [6, 6.07) is 0. The molecule has 0 heterocycles. The fourth-order valence-electron chi connectivity index (χ4n) is 1.18. The first-order valence-corrected chi connectivity index (χ1v) is 5.81. The Hall–Kier alpha value is -0.340. The molecule has 2 nitrogen and oxygen atoms in total. The summed E-state index contributed by atoms with van der Waals surface area (Å²) in [5.41, 5.74) is 0. The second-order valence-electron chi connectivity index (χ2n) is 3.45. The summed E-state index contributed by atoms with van der Waals surface area (Å²) in [6.07, 6.45) is 9.02. The Kier molecular flexibility index (Phi) is 12.4. The number of hydrogen-bond donors (Lipinski definition) is 1. The van der Waals surface area contributed by atoms with Crippen molar-refractivity contribution in [1.82, 2.24) is 5.32 Å². The largest absolute Gasteiger partial charge is 0.377 e. The maximum Gasteiger partial charge on any atom is 0.0647 e. The van der Waals surface area contributed by atoms with E-state index in [1.165, 1.54) is 25.7 Å². The van der Waals surface area contributed by atoms with Crippen molar-refractivity contribution in [1.29, 1.82) is 0 Å². The molecule has 84 valence electrons. The fourth-order valence-corrected chi connectivity index (χ4v) is 1.18. The third-order valence-corrected chi connectivity index (χ3v) is 2.02. The Balaban J connectivity index is 2.85. The Labute approximate surface area is 88.7 Å². The first-order valence-electron chi connectivity index (χ1n) is 5.81. The van der Waals surface area contributed by atoms with Crippen LogP contribution in [-0.2, 0) is 4.74 Å². The molecule has 0 aliphatic rings. The zero-order valence-electron chi connectivity index (χ0n) is 9.72. The van der Waals surface area contributed by atoms with E-state index < -0.39 is 0 Å². The molecule has 0 bridgehead atoms. The lowest BCUT2D eigenvalue weighted by Crippen LogP contribution is -2.15. The van der Waals surface area contributed by atoms with E-state index in [4.69, 9.17) is 4.74 Å². The Morgan fingerprint density at radius 3 is 2.71 bits per heavy atom. The Morgan fingerprint density at radius 1 is 1.14 bits per heavy atom. The van der Waals surface area contributed by atoms with Crippen molar-refractivity contribution in [2.75, 3.05) is 26.3 Å². The number of allylic oxidation sites excluding steroid dienone is 1. The van der Waals surface area contributed by atoms with Crippen LogP contribution in [0.5, 0.6) is 0 Å².